The average Bonchev–Trinajstić information content (AvgIpc) is 2.09. The van der Waals surface area contributed by atoms with E-state index < -0.39 is 0 Å². The van der Waals surface area contributed by atoms with Crippen molar-refractivity contribution in [1.29, 1.82) is 0 Å². The van der Waals surface area contributed by atoms with Crippen molar-refractivity contribution in [3.63, 3.8) is 0 Å². The first-order valence-corrected chi connectivity index (χ1v) is 4.80. The maximum atomic E-state index is 10.5. The molecule has 0 radical (unpaired) electrons. The van der Waals surface area contributed by atoms with Crippen LogP contribution in [-0.4, -0.2) is 38.8 Å². The van der Waals surface area contributed by atoms with Gasteiger partial charge in [0.05, 0.1) is 0 Å². The molecule has 1 amide bonds. The standard InChI is InChI=1S/C9H20N2O2/c1-3-13-8-4-5-10-6-7-11-9(2)12/h10H,3-8H2,1-2H3,(H,11,12). The summed E-state index contributed by atoms with van der Waals surface area (Å²) in [5, 5.41) is 5.92. The molecule has 0 aliphatic carbocycles. The number of rotatable bonds is 8. The molecule has 4 nitrogen and oxygen atoms in total. The fraction of sp³-hybridized carbons (Fsp3) is 0.889. The molecular formula is C9H20N2O2. The van der Waals surface area contributed by atoms with E-state index in [1.807, 2.05) is 6.92 Å². The molecule has 2 N–H and O–H groups in total. The van der Waals surface area contributed by atoms with Gasteiger partial charge in [-0.25, -0.2) is 0 Å². The van der Waals surface area contributed by atoms with E-state index in [9.17, 15) is 4.79 Å². The number of hydrogen-bond donors (Lipinski definition) is 2. The molecule has 0 aliphatic rings. The van der Waals surface area contributed by atoms with Gasteiger partial charge in [-0.2, -0.15) is 0 Å². The number of ether oxygens (including phenoxy) is 1. The number of nitrogens with one attached hydrogen (secondary N) is 2. The third-order valence-electron chi connectivity index (χ3n) is 1.52. The molecule has 0 aliphatic heterocycles. The largest absolute Gasteiger partial charge is 0.382 e. The molecule has 0 aromatic heterocycles. The molecule has 0 bridgehead atoms. The van der Waals surface area contributed by atoms with Crippen molar-refractivity contribution in [1.82, 2.24) is 10.6 Å². The summed E-state index contributed by atoms with van der Waals surface area (Å²) in [5.74, 6) is 0.0242. The van der Waals surface area contributed by atoms with Crippen LogP contribution in [0.2, 0.25) is 0 Å². The first-order valence-electron chi connectivity index (χ1n) is 4.80. The molecule has 78 valence electrons. The highest BCUT2D eigenvalue weighted by Crippen LogP contribution is 1.79. The minimum absolute atomic E-state index is 0.0242. The molecule has 4 heteroatoms. The number of carbonyl (C=O) groups is 1. The molecule has 0 spiro atoms. The smallest absolute Gasteiger partial charge is 0.216 e. The lowest BCUT2D eigenvalue weighted by molar-refractivity contribution is -0.118. The zero-order valence-corrected chi connectivity index (χ0v) is 8.56. The highest BCUT2D eigenvalue weighted by atomic mass is 16.5. The van der Waals surface area contributed by atoms with E-state index in [0.717, 1.165) is 32.7 Å². The van der Waals surface area contributed by atoms with Gasteiger partial charge in [0.25, 0.3) is 0 Å². The number of hydrogen-bond acceptors (Lipinski definition) is 3. The minimum Gasteiger partial charge on any atom is -0.382 e. The normalized spacial score (nSPS) is 10.0. The molecule has 0 aromatic rings. The maximum Gasteiger partial charge on any atom is 0.216 e. The summed E-state index contributed by atoms with van der Waals surface area (Å²) < 4.78 is 5.17. The van der Waals surface area contributed by atoms with E-state index in [0.29, 0.717) is 6.54 Å². The lowest BCUT2D eigenvalue weighted by atomic mass is 10.4. The Balaban J connectivity index is 2.87. The van der Waals surface area contributed by atoms with Crippen LogP contribution in [0.25, 0.3) is 0 Å². The van der Waals surface area contributed by atoms with E-state index in [-0.39, 0.29) is 5.91 Å². The van der Waals surface area contributed by atoms with Crippen LogP contribution in [0.1, 0.15) is 20.3 Å². The van der Waals surface area contributed by atoms with E-state index in [4.69, 9.17) is 4.74 Å². The second-order valence-electron chi connectivity index (χ2n) is 2.78. The number of amides is 1. The molecule has 0 rings (SSSR count). The van der Waals surface area contributed by atoms with Crippen LogP contribution in [0.5, 0.6) is 0 Å². The highest BCUT2D eigenvalue weighted by Gasteiger charge is 1.90. The van der Waals surface area contributed by atoms with Crippen molar-refractivity contribution >= 4 is 5.91 Å². The second-order valence-corrected chi connectivity index (χ2v) is 2.78. The Bertz CT molecular complexity index is 129. The van der Waals surface area contributed by atoms with Gasteiger partial charge in [-0.3, -0.25) is 4.79 Å². The van der Waals surface area contributed by atoms with Crippen molar-refractivity contribution < 1.29 is 9.53 Å². The summed E-state index contributed by atoms with van der Waals surface area (Å²) in [7, 11) is 0. The van der Waals surface area contributed by atoms with Gasteiger partial charge in [0, 0.05) is 33.2 Å². The average molecular weight is 188 g/mol. The zero-order valence-electron chi connectivity index (χ0n) is 8.56. The SMILES string of the molecule is CCOCCCNCCNC(C)=O. The summed E-state index contributed by atoms with van der Waals surface area (Å²) in [6.07, 6.45) is 1.02. The topological polar surface area (TPSA) is 50.4 Å². The predicted molar refractivity (Wildman–Crippen MR) is 52.7 cm³/mol. The third-order valence-corrected chi connectivity index (χ3v) is 1.52. The fourth-order valence-electron chi connectivity index (χ4n) is 0.895. The van der Waals surface area contributed by atoms with Crippen LogP contribution < -0.4 is 10.6 Å². The lowest BCUT2D eigenvalue weighted by Crippen LogP contribution is -2.30. The van der Waals surface area contributed by atoms with Gasteiger partial charge < -0.3 is 15.4 Å². The van der Waals surface area contributed by atoms with Gasteiger partial charge in [0.15, 0.2) is 0 Å². The molecular weight excluding hydrogens is 168 g/mol. The van der Waals surface area contributed by atoms with E-state index >= 15 is 0 Å². The quantitative estimate of drug-likeness (QED) is 0.533. The Morgan fingerprint density at radius 1 is 1.31 bits per heavy atom. The Kier molecular flexibility index (Phi) is 9.03. The first-order chi connectivity index (χ1) is 6.27. The van der Waals surface area contributed by atoms with E-state index in [1.54, 1.807) is 0 Å². The minimum atomic E-state index is 0.0242. The van der Waals surface area contributed by atoms with Crippen LogP contribution in [0.3, 0.4) is 0 Å². The Morgan fingerprint density at radius 3 is 2.69 bits per heavy atom. The van der Waals surface area contributed by atoms with Gasteiger partial charge in [-0.15, -0.1) is 0 Å². The van der Waals surface area contributed by atoms with Crippen molar-refractivity contribution in [3.05, 3.63) is 0 Å². The molecule has 0 heterocycles. The van der Waals surface area contributed by atoms with Crippen molar-refractivity contribution in [3.8, 4) is 0 Å². The third kappa shape index (κ3) is 11.4. The summed E-state index contributed by atoms with van der Waals surface area (Å²) in [4.78, 5) is 10.5. The summed E-state index contributed by atoms with van der Waals surface area (Å²) in [5.41, 5.74) is 0. The first kappa shape index (κ1) is 12.4. The van der Waals surface area contributed by atoms with Crippen molar-refractivity contribution in [2.45, 2.75) is 20.3 Å². The number of carbonyl (C=O) groups excluding carboxylic acids is 1. The van der Waals surface area contributed by atoms with Crippen LogP contribution in [-0.2, 0) is 9.53 Å². The molecule has 0 saturated carbocycles. The molecule has 0 unspecified atom stereocenters. The maximum absolute atomic E-state index is 10.5. The van der Waals surface area contributed by atoms with Crippen molar-refractivity contribution in [2.24, 2.45) is 0 Å². The predicted octanol–water partition coefficient (Wildman–Crippen LogP) is 0.139. The van der Waals surface area contributed by atoms with Gasteiger partial charge in [-0.05, 0) is 19.9 Å². The summed E-state index contributed by atoms with van der Waals surface area (Å²) in [6.45, 7) is 7.57. The summed E-state index contributed by atoms with van der Waals surface area (Å²) >= 11 is 0. The zero-order chi connectivity index (χ0) is 9.94. The molecule has 13 heavy (non-hydrogen) atoms. The Hall–Kier alpha value is -0.610. The monoisotopic (exact) mass is 188 g/mol. The molecule has 0 fully saturated rings. The molecule has 0 saturated heterocycles. The van der Waals surface area contributed by atoms with Gasteiger partial charge >= 0.3 is 0 Å². The highest BCUT2D eigenvalue weighted by molar-refractivity contribution is 5.72. The lowest BCUT2D eigenvalue weighted by Gasteiger charge is -2.04. The van der Waals surface area contributed by atoms with Crippen LogP contribution in [0, 0.1) is 0 Å². The van der Waals surface area contributed by atoms with Crippen LogP contribution in [0.15, 0.2) is 0 Å². The molecule has 0 aromatic carbocycles. The summed E-state index contributed by atoms with van der Waals surface area (Å²) in [6, 6.07) is 0. The van der Waals surface area contributed by atoms with E-state index in [1.165, 1.54) is 6.92 Å². The fourth-order valence-corrected chi connectivity index (χ4v) is 0.895. The van der Waals surface area contributed by atoms with Gasteiger partial charge in [-0.1, -0.05) is 0 Å². The van der Waals surface area contributed by atoms with E-state index in [2.05, 4.69) is 10.6 Å². The Labute approximate surface area is 80.0 Å². The molecule has 0 atom stereocenters. The second kappa shape index (κ2) is 9.48. The van der Waals surface area contributed by atoms with Gasteiger partial charge in [0.1, 0.15) is 0 Å². The Morgan fingerprint density at radius 2 is 2.08 bits per heavy atom. The van der Waals surface area contributed by atoms with Gasteiger partial charge in [0.2, 0.25) is 5.91 Å². The van der Waals surface area contributed by atoms with Crippen LogP contribution in [0.4, 0.5) is 0 Å². The van der Waals surface area contributed by atoms with Crippen molar-refractivity contribution in [2.75, 3.05) is 32.8 Å². The van der Waals surface area contributed by atoms with Crippen LogP contribution >= 0.6 is 0 Å².